The Morgan fingerprint density at radius 2 is 1.58 bits per heavy atom. The normalized spacial score (nSPS) is 11.0. The lowest BCUT2D eigenvalue weighted by atomic mass is 10.2. The summed E-state index contributed by atoms with van der Waals surface area (Å²) in [6.45, 7) is 2.19. The summed E-state index contributed by atoms with van der Waals surface area (Å²) in [5, 5.41) is 0. The third-order valence-corrected chi connectivity index (χ3v) is 2.85. The maximum atomic E-state index is 12.0. The lowest BCUT2D eigenvalue weighted by molar-refractivity contribution is -0.274. The van der Waals surface area contributed by atoms with Crippen LogP contribution in [-0.4, -0.2) is 24.9 Å². The van der Waals surface area contributed by atoms with Crippen molar-refractivity contribution in [3.8, 4) is 5.75 Å². The Balaban J connectivity index is 2.28. The summed E-state index contributed by atoms with van der Waals surface area (Å²) in [6.07, 6.45) is -3.26. The highest BCUT2D eigenvalue weighted by molar-refractivity contribution is 5.77. The zero-order valence-electron chi connectivity index (χ0n) is 13.2. The van der Waals surface area contributed by atoms with Gasteiger partial charge in [0.2, 0.25) is 0 Å². The van der Waals surface area contributed by atoms with Gasteiger partial charge in [0.15, 0.2) is 0 Å². The first kappa shape index (κ1) is 19.8. The molecule has 0 atom stereocenters. The highest BCUT2D eigenvalue weighted by Gasteiger charge is 2.30. The Kier molecular flexibility index (Phi) is 8.08. The van der Waals surface area contributed by atoms with E-state index in [1.807, 2.05) is 6.92 Å². The molecule has 5 nitrogen and oxygen atoms in total. The molecule has 0 amide bonds. The SMILES string of the molecule is CCCCOC(=O)CCC(=O)OCc1ccc(OC(F)(F)F)cc1. The van der Waals surface area contributed by atoms with Crippen LogP contribution in [0.2, 0.25) is 0 Å². The topological polar surface area (TPSA) is 61.8 Å². The average Bonchev–Trinajstić information content (AvgIpc) is 2.51. The van der Waals surface area contributed by atoms with Gasteiger partial charge in [0, 0.05) is 0 Å². The van der Waals surface area contributed by atoms with Crippen LogP contribution >= 0.6 is 0 Å². The van der Waals surface area contributed by atoms with Gasteiger partial charge < -0.3 is 14.2 Å². The second kappa shape index (κ2) is 9.79. The Hall–Kier alpha value is -2.25. The Morgan fingerprint density at radius 3 is 2.12 bits per heavy atom. The molecule has 0 unspecified atom stereocenters. The maximum absolute atomic E-state index is 12.0. The van der Waals surface area contributed by atoms with Crippen molar-refractivity contribution in [1.29, 1.82) is 0 Å². The highest BCUT2D eigenvalue weighted by Crippen LogP contribution is 2.22. The second-order valence-corrected chi connectivity index (χ2v) is 4.93. The predicted molar refractivity (Wildman–Crippen MR) is 78.0 cm³/mol. The van der Waals surface area contributed by atoms with E-state index in [4.69, 9.17) is 9.47 Å². The molecule has 0 spiro atoms. The van der Waals surface area contributed by atoms with Crippen molar-refractivity contribution < 1.29 is 37.0 Å². The summed E-state index contributed by atoms with van der Waals surface area (Å²) in [7, 11) is 0. The predicted octanol–water partition coefficient (Wildman–Crippen LogP) is 3.75. The minimum absolute atomic E-state index is 0.0685. The van der Waals surface area contributed by atoms with Gasteiger partial charge in [-0.25, -0.2) is 0 Å². The molecule has 1 aromatic carbocycles. The first-order chi connectivity index (χ1) is 11.3. The van der Waals surface area contributed by atoms with Crippen molar-refractivity contribution in [2.24, 2.45) is 0 Å². The van der Waals surface area contributed by atoms with Crippen molar-refractivity contribution >= 4 is 11.9 Å². The highest BCUT2D eigenvalue weighted by atomic mass is 19.4. The van der Waals surface area contributed by atoms with E-state index in [0.29, 0.717) is 12.2 Å². The number of halogens is 3. The summed E-state index contributed by atoms with van der Waals surface area (Å²) in [6, 6.07) is 4.96. The van der Waals surface area contributed by atoms with Crippen molar-refractivity contribution in [3.63, 3.8) is 0 Å². The lowest BCUT2D eigenvalue weighted by Gasteiger charge is -2.09. The summed E-state index contributed by atoms with van der Waals surface area (Å²) in [5.41, 5.74) is 0.503. The third-order valence-electron chi connectivity index (χ3n) is 2.85. The van der Waals surface area contributed by atoms with Crippen LogP contribution < -0.4 is 4.74 Å². The van der Waals surface area contributed by atoms with E-state index in [1.54, 1.807) is 0 Å². The number of hydrogen-bond donors (Lipinski definition) is 0. The van der Waals surface area contributed by atoms with Gasteiger partial charge in [-0.05, 0) is 24.1 Å². The minimum atomic E-state index is -4.75. The molecule has 0 saturated carbocycles. The van der Waals surface area contributed by atoms with Gasteiger partial charge in [-0.1, -0.05) is 25.5 Å². The quantitative estimate of drug-likeness (QED) is 0.502. The molecule has 134 valence electrons. The van der Waals surface area contributed by atoms with E-state index >= 15 is 0 Å². The van der Waals surface area contributed by atoms with Crippen LogP contribution in [0.5, 0.6) is 5.75 Å². The fourth-order valence-corrected chi connectivity index (χ4v) is 1.63. The Morgan fingerprint density at radius 1 is 1.00 bits per heavy atom. The van der Waals surface area contributed by atoms with Crippen LogP contribution in [-0.2, 0) is 25.7 Å². The molecule has 0 radical (unpaired) electrons. The number of ether oxygens (including phenoxy) is 3. The van der Waals surface area contributed by atoms with E-state index in [-0.39, 0.29) is 25.2 Å². The smallest absolute Gasteiger partial charge is 0.466 e. The molecule has 24 heavy (non-hydrogen) atoms. The number of carbonyl (C=O) groups excluding carboxylic acids is 2. The third kappa shape index (κ3) is 9.02. The number of unbranched alkanes of at least 4 members (excludes halogenated alkanes) is 1. The van der Waals surface area contributed by atoms with E-state index in [9.17, 15) is 22.8 Å². The molecule has 0 heterocycles. The molecule has 0 saturated heterocycles. The number of carbonyl (C=O) groups is 2. The fraction of sp³-hybridized carbons (Fsp3) is 0.500. The van der Waals surface area contributed by atoms with Crippen molar-refractivity contribution in [3.05, 3.63) is 29.8 Å². The summed E-state index contributed by atoms with van der Waals surface area (Å²) in [5.74, 6) is -1.40. The molecule has 0 bridgehead atoms. The van der Waals surface area contributed by atoms with Gasteiger partial charge >= 0.3 is 18.3 Å². The molecule has 8 heteroatoms. The van der Waals surface area contributed by atoms with Crippen LogP contribution in [0.4, 0.5) is 13.2 Å². The number of rotatable bonds is 9. The number of hydrogen-bond acceptors (Lipinski definition) is 5. The Bertz CT molecular complexity index is 526. The molecule has 0 aliphatic heterocycles. The number of esters is 2. The van der Waals surface area contributed by atoms with Gasteiger partial charge in [0.1, 0.15) is 12.4 Å². The van der Waals surface area contributed by atoms with E-state index in [2.05, 4.69) is 4.74 Å². The minimum Gasteiger partial charge on any atom is -0.466 e. The molecule has 0 aliphatic rings. The lowest BCUT2D eigenvalue weighted by Crippen LogP contribution is -2.17. The van der Waals surface area contributed by atoms with Crippen LogP contribution in [0.15, 0.2) is 24.3 Å². The molecular weight excluding hydrogens is 329 g/mol. The van der Waals surface area contributed by atoms with E-state index in [1.165, 1.54) is 12.1 Å². The zero-order valence-corrected chi connectivity index (χ0v) is 13.2. The van der Waals surface area contributed by atoms with Crippen LogP contribution in [0.3, 0.4) is 0 Å². The Labute approximate surface area is 137 Å². The van der Waals surface area contributed by atoms with Crippen LogP contribution in [0.25, 0.3) is 0 Å². The summed E-state index contributed by atoms with van der Waals surface area (Å²) < 4.78 is 49.6. The molecular formula is C16H19F3O5. The van der Waals surface area contributed by atoms with Gasteiger partial charge in [0.25, 0.3) is 0 Å². The molecule has 0 aliphatic carbocycles. The standard InChI is InChI=1S/C16H19F3O5/c1-2-3-10-22-14(20)8-9-15(21)23-11-12-4-6-13(7-5-12)24-16(17,18)19/h4-7H,2-3,8-11H2,1H3. The molecule has 0 N–H and O–H groups in total. The van der Waals surface area contributed by atoms with Gasteiger partial charge in [0.05, 0.1) is 19.4 Å². The van der Waals surface area contributed by atoms with Gasteiger partial charge in [-0.2, -0.15) is 0 Å². The largest absolute Gasteiger partial charge is 0.573 e. The summed E-state index contributed by atoms with van der Waals surface area (Å²) >= 11 is 0. The fourth-order valence-electron chi connectivity index (χ4n) is 1.63. The number of benzene rings is 1. The van der Waals surface area contributed by atoms with Gasteiger partial charge in [-0.15, -0.1) is 13.2 Å². The van der Waals surface area contributed by atoms with Crippen molar-refractivity contribution in [2.45, 2.75) is 45.6 Å². The van der Waals surface area contributed by atoms with E-state index < -0.39 is 18.3 Å². The first-order valence-corrected chi connectivity index (χ1v) is 7.46. The average molecular weight is 348 g/mol. The van der Waals surface area contributed by atoms with E-state index in [0.717, 1.165) is 25.0 Å². The molecule has 0 fully saturated rings. The monoisotopic (exact) mass is 348 g/mol. The zero-order chi connectivity index (χ0) is 18.0. The first-order valence-electron chi connectivity index (χ1n) is 7.46. The summed E-state index contributed by atoms with van der Waals surface area (Å²) in [4.78, 5) is 22.8. The molecule has 0 aromatic heterocycles. The molecule has 1 rings (SSSR count). The second-order valence-electron chi connectivity index (χ2n) is 4.93. The van der Waals surface area contributed by atoms with Gasteiger partial charge in [-0.3, -0.25) is 9.59 Å². The molecule has 1 aromatic rings. The van der Waals surface area contributed by atoms with Crippen LogP contribution in [0.1, 0.15) is 38.2 Å². The van der Waals surface area contributed by atoms with Crippen molar-refractivity contribution in [2.75, 3.05) is 6.61 Å². The maximum Gasteiger partial charge on any atom is 0.573 e. The van der Waals surface area contributed by atoms with Crippen molar-refractivity contribution in [1.82, 2.24) is 0 Å². The number of alkyl halides is 3. The van der Waals surface area contributed by atoms with Crippen LogP contribution in [0, 0.1) is 0 Å².